The van der Waals surface area contributed by atoms with Crippen molar-refractivity contribution >= 4 is 191 Å². The molecular formula is C67H36Br12. The van der Waals surface area contributed by atoms with Crippen LogP contribution < -0.4 is 0 Å². The molecule has 0 radical (unpaired) electrons. The van der Waals surface area contributed by atoms with Crippen molar-refractivity contribution in [2.24, 2.45) is 0 Å². The summed E-state index contributed by atoms with van der Waals surface area (Å²) in [5.41, 5.74) is 23.1. The first-order valence-electron chi connectivity index (χ1n) is 24.3. The molecule has 11 aromatic carbocycles. The highest BCUT2D eigenvalue weighted by Gasteiger charge is 2.17. The van der Waals surface area contributed by atoms with Gasteiger partial charge < -0.3 is 0 Å². The first kappa shape index (κ1) is 58.0. The molecule has 0 N–H and O–H groups in total. The number of benzene rings is 11. The molecule has 0 aliphatic carbocycles. The zero-order valence-electron chi connectivity index (χ0n) is 41.1. The Hall–Kier alpha value is -2.82. The van der Waals surface area contributed by atoms with E-state index in [0.717, 1.165) is 171 Å². The summed E-state index contributed by atoms with van der Waals surface area (Å²) in [5.74, 6) is 0. The number of hydrogen-bond donors (Lipinski definition) is 0. The molecule has 0 amide bonds. The van der Waals surface area contributed by atoms with Crippen LogP contribution in [0.25, 0.3) is 111 Å². The van der Waals surface area contributed by atoms with E-state index in [9.17, 15) is 0 Å². The molecule has 0 bridgehead atoms. The molecule has 388 valence electrons. The monoisotopic (exact) mass is 1790 g/mol. The van der Waals surface area contributed by atoms with Crippen molar-refractivity contribution in [3.63, 3.8) is 0 Å². The quantitative estimate of drug-likeness (QED) is 0.128. The van der Waals surface area contributed by atoms with Gasteiger partial charge in [-0.15, -0.1) is 0 Å². The summed E-state index contributed by atoms with van der Waals surface area (Å²) in [5, 5.41) is 0. The van der Waals surface area contributed by atoms with Gasteiger partial charge in [-0.1, -0.05) is 203 Å². The zero-order valence-corrected chi connectivity index (χ0v) is 60.1. The average Bonchev–Trinajstić information content (AvgIpc) is 3.40. The van der Waals surface area contributed by atoms with E-state index in [-0.39, 0.29) is 0 Å². The molecule has 12 heteroatoms. The maximum absolute atomic E-state index is 3.98. The van der Waals surface area contributed by atoms with Gasteiger partial charge in [-0.3, -0.25) is 0 Å². The van der Waals surface area contributed by atoms with Crippen LogP contribution in [0.4, 0.5) is 0 Å². The Bertz CT molecular complexity index is 4020. The maximum Gasteiger partial charge on any atom is 0.0192 e. The highest BCUT2D eigenvalue weighted by atomic mass is 79.9. The Morgan fingerprint density at radius 2 is 0.215 bits per heavy atom. The summed E-state index contributed by atoms with van der Waals surface area (Å²) in [6.07, 6.45) is 0. The van der Waals surface area contributed by atoms with Crippen molar-refractivity contribution in [1.29, 1.82) is 0 Å². The standard InChI is InChI=1S/C67H36Br12/c1-35-2-36(4-37(3-35)47-14-48(17-56(68)16-47)42-10-45(53-24-62(74)32-63(75)25-53)13-46(11-42)54-26-64(76)33-65(77)27-54)38-5-39(7-41(6-38)49-15-50(19-57(69)18-49)55-28-66(78)34-67(79)29-55)40-8-43(51-20-58(70)30-59(71)21-51)12-44(9-40)52-22-60(72)31-61(73)23-52/h2-34H,1H3. The third kappa shape index (κ3) is 14.1. The van der Waals surface area contributed by atoms with E-state index in [2.05, 4.69) is 398 Å². The summed E-state index contributed by atoms with van der Waals surface area (Å²) < 4.78 is 12.0. The number of rotatable bonds is 10. The second-order valence-electron chi connectivity index (χ2n) is 19.2. The first-order valence-corrected chi connectivity index (χ1v) is 33.8. The second kappa shape index (κ2) is 24.8. The van der Waals surface area contributed by atoms with Gasteiger partial charge in [0.05, 0.1) is 0 Å². The minimum Gasteiger partial charge on any atom is -0.0514 e. The van der Waals surface area contributed by atoms with Crippen LogP contribution in [0.3, 0.4) is 0 Å². The van der Waals surface area contributed by atoms with Crippen molar-refractivity contribution in [3.8, 4) is 111 Å². The van der Waals surface area contributed by atoms with E-state index in [1.54, 1.807) is 0 Å². The van der Waals surface area contributed by atoms with Crippen molar-refractivity contribution in [2.75, 3.05) is 0 Å². The molecule has 11 rings (SSSR count). The van der Waals surface area contributed by atoms with E-state index >= 15 is 0 Å². The van der Waals surface area contributed by atoms with Crippen LogP contribution in [0.15, 0.2) is 254 Å². The Balaban J connectivity index is 1.10. The van der Waals surface area contributed by atoms with Crippen molar-refractivity contribution in [1.82, 2.24) is 0 Å². The molecular weight excluding hydrogens is 1760 g/mol. The lowest BCUT2D eigenvalue weighted by molar-refractivity contribution is 1.45. The Labute approximate surface area is 561 Å². The predicted molar refractivity (Wildman–Crippen MR) is 378 cm³/mol. The van der Waals surface area contributed by atoms with Gasteiger partial charge in [0.1, 0.15) is 0 Å². The largest absolute Gasteiger partial charge is 0.0514 e. The SMILES string of the molecule is Cc1cc(-c2cc(Br)cc(-c3cc(-c4cc(Br)cc(Br)c4)cc(-c4cc(Br)cc(Br)c4)c3)c2)cc(-c2cc(-c3cc(Br)cc(-c4cc(Br)cc(Br)c4)c3)cc(-c3cc(-c4cc(Br)cc(Br)c4)cc(-c4cc(Br)cc(Br)c4)c3)c2)c1. The van der Waals surface area contributed by atoms with Gasteiger partial charge in [-0.05, 0) is 312 Å². The Morgan fingerprint density at radius 3 is 0.354 bits per heavy atom. The summed E-state index contributed by atoms with van der Waals surface area (Å²) in [6, 6.07) is 73.2. The average molecular weight is 1800 g/mol. The molecule has 0 saturated carbocycles. The summed E-state index contributed by atoms with van der Waals surface area (Å²) in [6.45, 7) is 2.19. The number of halogens is 12. The van der Waals surface area contributed by atoms with Gasteiger partial charge in [-0.2, -0.15) is 0 Å². The van der Waals surface area contributed by atoms with Crippen molar-refractivity contribution in [3.05, 3.63) is 259 Å². The fourth-order valence-electron chi connectivity index (χ4n) is 9.95. The van der Waals surface area contributed by atoms with Crippen LogP contribution in [-0.2, 0) is 0 Å². The summed E-state index contributed by atoms with van der Waals surface area (Å²) in [7, 11) is 0. The first-order chi connectivity index (χ1) is 37.8. The molecule has 0 aromatic heterocycles. The topological polar surface area (TPSA) is 0 Å². The number of hydrogen-bond acceptors (Lipinski definition) is 0. The Kier molecular flexibility index (Phi) is 18.2. The van der Waals surface area contributed by atoms with E-state index in [1.165, 1.54) is 0 Å². The van der Waals surface area contributed by atoms with Gasteiger partial charge in [0.2, 0.25) is 0 Å². The van der Waals surface area contributed by atoms with Gasteiger partial charge in [0.25, 0.3) is 0 Å². The lowest BCUT2D eigenvalue weighted by Crippen LogP contribution is -1.91. The molecule has 11 aromatic rings. The van der Waals surface area contributed by atoms with Crippen LogP contribution in [0.1, 0.15) is 5.56 Å². The smallest absolute Gasteiger partial charge is 0.0192 e. The maximum atomic E-state index is 3.98. The van der Waals surface area contributed by atoms with Crippen LogP contribution in [0, 0.1) is 6.92 Å². The molecule has 0 saturated heterocycles. The molecule has 0 spiro atoms. The highest BCUT2D eigenvalue weighted by molar-refractivity contribution is 9.12. The normalized spacial score (nSPS) is 11.4. The van der Waals surface area contributed by atoms with E-state index in [1.807, 2.05) is 0 Å². The molecule has 0 nitrogen and oxygen atoms in total. The lowest BCUT2D eigenvalue weighted by atomic mass is 9.88. The summed E-state index contributed by atoms with van der Waals surface area (Å²) >= 11 is 45.5. The molecule has 79 heavy (non-hydrogen) atoms. The Morgan fingerprint density at radius 1 is 0.127 bits per heavy atom. The highest BCUT2D eigenvalue weighted by Crippen LogP contribution is 2.44. The van der Waals surface area contributed by atoms with Crippen LogP contribution in [0.5, 0.6) is 0 Å². The van der Waals surface area contributed by atoms with E-state index in [4.69, 9.17) is 0 Å². The molecule has 0 heterocycles. The molecule has 0 unspecified atom stereocenters. The van der Waals surface area contributed by atoms with Crippen molar-refractivity contribution in [2.45, 2.75) is 6.92 Å². The van der Waals surface area contributed by atoms with Crippen LogP contribution in [0.2, 0.25) is 0 Å². The zero-order chi connectivity index (χ0) is 55.4. The third-order valence-electron chi connectivity index (χ3n) is 13.3. The van der Waals surface area contributed by atoms with Gasteiger partial charge in [-0.25, -0.2) is 0 Å². The van der Waals surface area contributed by atoms with Gasteiger partial charge >= 0.3 is 0 Å². The molecule has 0 aliphatic heterocycles. The van der Waals surface area contributed by atoms with Gasteiger partial charge in [0, 0.05) is 53.7 Å². The second-order valence-corrected chi connectivity index (χ2v) is 30.2. The fourth-order valence-corrected chi connectivity index (χ4v) is 17.4. The summed E-state index contributed by atoms with van der Waals surface area (Å²) in [4.78, 5) is 0. The third-order valence-corrected chi connectivity index (χ3v) is 18.8. The van der Waals surface area contributed by atoms with Crippen LogP contribution in [-0.4, -0.2) is 0 Å². The predicted octanol–water partition coefficient (Wildman–Crippen LogP) is 27.8. The van der Waals surface area contributed by atoms with Crippen LogP contribution >= 0.6 is 191 Å². The minimum absolute atomic E-state index is 0.989. The molecule has 0 aliphatic rings. The lowest BCUT2D eigenvalue weighted by Gasteiger charge is -2.17. The number of aryl methyl sites for hydroxylation is 1. The van der Waals surface area contributed by atoms with Gasteiger partial charge in [0.15, 0.2) is 0 Å². The molecule has 0 atom stereocenters. The fraction of sp³-hybridized carbons (Fsp3) is 0.0149. The van der Waals surface area contributed by atoms with E-state index < -0.39 is 0 Å². The van der Waals surface area contributed by atoms with Crippen molar-refractivity contribution < 1.29 is 0 Å². The van der Waals surface area contributed by atoms with E-state index in [0.29, 0.717) is 0 Å². The minimum atomic E-state index is 0.989. The molecule has 0 fully saturated rings.